The summed E-state index contributed by atoms with van der Waals surface area (Å²) in [6.07, 6.45) is 5.58. The quantitative estimate of drug-likeness (QED) is 0.274. The van der Waals surface area contributed by atoms with Crippen LogP contribution >= 0.6 is 35.7 Å². The molecule has 1 aliphatic carbocycles. The molecule has 0 aromatic heterocycles. The van der Waals surface area contributed by atoms with E-state index in [1.54, 1.807) is 11.0 Å². The minimum Gasteiger partial charge on any atom is -0.480 e. The van der Waals surface area contributed by atoms with E-state index in [1.165, 1.54) is 0 Å². The molecule has 2 atom stereocenters. The summed E-state index contributed by atoms with van der Waals surface area (Å²) < 4.78 is 0.340. The van der Waals surface area contributed by atoms with Crippen molar-refractivity contribution < 1.29 is 33.9 Å². The molecule has 0 radical (unpaired) electrons. The van der Waals surface area contributed by atoms with Gasteiger partial charge in [0.05, 0.1) is 32.3 Å². The summed E-state index contributed by atoms with van der Waals surface area (Å²) in [6, 6.07) is 13.0. The fourth-order valence-corrected chi connectivity index (χ4v) is 9.07. The van der Waals surface area contributed by atoms with Gasteiger partial charge in [0.1, 0.15) is 10.9 Å². The third-order valence-corrected chi connectivity index (χ3v) is 11.3. The lowest BCUT2D eigenvalue weighted by molar-refractivity contribution is -0.136. The van der Waals surface area contributed by atoms with Gasteiger partial charge in [0.25, 0.3) is 28.9 Å². The van der Waals surface area contributed by atoms with Crippen LogP contribution in [0.5, 0.6) is 0 Å². The summed E-state index contributed by atoms with van der Waals surface area (Å²) in [6.45, 7) is -0.0481. The molecule has 2 unspecified atom stereocenters. The van der Waals surface area contributed by atoms with Gasteiger partial charge >= 0.3 is 5.97 Å². The van der Waals surface area contributed by atoms with Gasteiger partial charge in [-0.2, -0.15) is 0 Å². The van der Waals surface area contributed by atoms with Crippen LogP contribution < -0.4 is 20.4 Å². The molecule has 0 spiro atoms. The first-order chi connectivity index (χ1) is 22.6. The topological polar surface area (TPSA) is 153 Å². The van der Waals surface area contributed by atoms with E-state index >= 15 is 0 Å². The number of imide groups is 1. The van der Waals surface area contributed by atoms with E-state index in [1.807, 2.05) is 36.4 Å². The summed E-state index contributed by atoms with van der Waals surface area (Å²) in [4.78, 5) is 78.7. The average molecular weight is 689 g/mol. The third-order valence-electron chi connectivity index (χ3n) is 9.19. The van der Waals surface area contributed by atoms with Gasteiger partial charge in [-0.15, -0.1) is 0 Å². The first-order valence-corrected chi connectivity index (χ1v) is 17.3. The predicted octanol–water partition coefficient (Wildman–Crippen LogP) is 4.77. The summed E-state index contributed by atoms with van der Waals surface area (Å²) >= 11 is 6.92. The van der Waals surface area contributed by atoms with Gasteiger partial charge in [-0.1, -0.05) is 67.2 Å². The Morgan fingerprint density at radius 1 is 0.872 bits per heavy atom. The predicted molar refractivity (Wildman–Crippen MR) is 182 cm³/mol. The van der Waals surface area contributed by atoms with Gasteiger partial charge in [-0.3, -0.25) is 39.0 Å². The summed E-state index contributed by atoms with van der Waals surface area (Å²) in [5.41, 5.74) is 3.84. The second-order valence-corrected chi connectivity index (χ2v) is 14.7. The molecule has 1 saturated carbocycles. The maximum Gasteiger partial charge on any atom is 0.323 e. The van der Waals surface area contributed by atoms with Crippen LogP contribution in [-0.2, 0) is 24.0 Å². The molecule has 5 aliphatic rings. The van der Waals surface area contributed by atoms with E-state index in [2.05, 4.69) is 10.6 Å². The zero-order valence-corrected chi connectivity index (χ0v) is 27.3. The number of carboxylic acids is 1. The Labute approximate surface area is 283 Å². The second kappa shape index (κ2) is 12.4. The number of nitrogens with one attached hydrogen (secondary N) is 2. The van der Waals surface area contributed by atoms with Gasteiger partial charge in [0.2, 0.25) is 0 Å². The molecule has 240 valence electrons. The number of hydrogen-bond acceptors (Lipinski definition) is 9. The minimum absolute atomic E-state index is 0.0178. The first kappa shape index (κ1) is 31.3. The number of carboxylic acid groups (broad SMARTS) is 1. The molecule has 0 bridgehead atoms. The van der Waals surface area contributed by atoms with Crippen LogP contribution in [0.25, 0.3) is 11.1 Å². The average Bonchev–Trinajstić information content (AvgIpc) is 3.72. The highest BCUT2D eigenvalue weighted by Gasteiger charge is 2.42. The van der Waals surface area contributed by atoms with E-state index in [0.29, 0.717) is 50.3 Å². The van der Waals surface area contributed by atoms with Gasteiger partial charge in [-0.25, -0.2) is 0 Å². The number of amides is 5. The molecule has 7 rings (SSSR count). The van der Waals surface area contributed by atoms with Crippen LogP contribution in [0.4, 0.5) is 16.2 Å². The highest BCUT2D eigenvalue weighted by Crippen LogP contribution is 2.47. The SMILES string of the molecule is O=C(O)CN1C(=O)/C(=C2\SC(=O)NC2=O)c2ccc(C3CCCC(CCCN4C(=O)/C(=C5\SC(=S)NC5=O)c5ccccc54)C3)cc21. The molecular formula is C33H28N4O7S3. The normalized spacial score (nSPS) is 25.4. The molecule has 4 aliphatic heterocycles. The number of para-hydroxylation sites is 1. The maximum absolute atomic E-state index is 13.6. The summed E-state index contributed by atoms with van der Waals surface area (Å²) in [7, 11) is 0. The van der Waals surface area contributed by atoms with Crippen molar-refractivity contribution in [3.63, 3.8) is 0 Å². The molecule has 11 nitrogen and oxygen atoms in total. The third kappa shape index (κ3) is 5.68. The lowest BCUT2D eigenvalue weighted by Gasteiger charge is -2.30. The van der Waals surface area contributed by atoms with E-state index in [9.17, 15) is 33.9 Å². The molecule has 2 aromatic rings. The molecule has 3 fully saturated rings. The molecule has 2 saturated heterocycles. The molecular weight excluding hydrogens is 661 g/mol. The Morgan fingerprint density at radius 2 is 1.57 bits per heavy atom. The fraction of sp³-hybridized carbons (Fsp3) is 0.303. The van der Waals surface area contributed by atoms with Crippen LogP contribution in [0.15, 0.2) is 52.3 Å². The molecule has 3 N–H and O–H groups in total. The number of aliphatic carboxylic acids is 1. The van der Waals surface area contributed by atoms with E-state index < -0.39 is 29.6 Å². The van der Waals surface area contributed by atoms with Crippen molar-refractivity contribution in [3.8, 4) is 0 Å². The van der Waals surface area contributed by atoms with Gasteiger partial charge in [-0.05, 0) is 67.0 Å². The van der Waals surface area contributed by atoms with Gasteiger partial charge in [0, 0.05) is 17.7 Å². The van der Waals surface area contributed by atoms with Crippen LogP contribution in [0.2, 0.25) is 0 Å². The monoisotopic (exact) mass is 688 g/mol. The number of rotatable bonds is 7. The van der Waals surface area contributed by atoms with Crippen molar-refractivity contribution in [2.24, 2.45) is 5.92 Å². The number of fused-ring (bicyclic) bond motifs is 2. The summed E-state index contributed by atoms with van der Waals surface area (Å²) in [5, 5.41) is 13.7. The lowest BCUT2D eigenvalue weighted by atomic mass is 9.76. The van der Waals surface area contributed by atoms with E-state index in [4.69, 9.17) is 12.2 Å². The van der Waals surface area contributed by atoms with Gasteiger partial charge < -0.3 is 15.3 Å². The van der Waals surface area contributed by atoms with Crippen LogP contribution in [0, 0.1) is 5.92 Å². The van der Waals surface area contributed by atoms with Gasteiger partial charge in [0.15, 0.2) is 0 Å². The largest absolute Gasteiger partial charge is 0.480 e. The van der Waals surface area contributed by atoms with E-state index in [-0.39, 0.29) is 28.2 Å². The summed E-state index contributed by atoms with van der Waals surface area (Å²) in [5.74, 6) is -2.41. The van der Waals surface area contributed by atoms with Crippen molar-refractivity contribution in [2.75, 3.05) is 22.9 Å². The highest BCUT2D eigenvalue weighted by molar-refractivity contribution is 8.27. The Morgan fingerprint density at radius 3 is 2.28 bits per heavy atom. The highest BCUT2D eigenvalue weighted by atomic mass is 32.2. The number of benzene rings is 2. The minimum atomic E-state index is -1.19. The van der Waals surface area contributed by atoms with Crippen LogP contribution in [-0.4, -0.2) is 57.4 Å². The smallest absolute Gasteiger partial charge is 0.323 e. The van der Waals surface area contributed by atoms with Crippen molar-refractivity contribution >= 4 is 97.4 Å². The molecule has 4 heterocycles. The zero-order chi connectivity index (χ0) is 33.0. The maximum atomic E-state index is 13.6. The number of hydrogen-bond donors (Lipinski definition) is 3. The Hall–Kier alpha value is -4.27. The Balaban J connectivity index is 1.06. The number of nitrogens with zero attached hydrogens (tertiary/aromatic N) is 2. The number of thioether (sulfide) groups is 2. The molecule has 5 amide bonds. The molecule has 14 heteroatoms. The lowest BCUT2D eigenvalue weighted by Crippen LogP contribution is -2.32. The zero-order valence-electron chi connectivity index (χ0n) is 24.9. The van der Waals surface area contributed by atoms with Crippen LogP contribution in [0.1, 0.15) is 61.1 Å². The van der Waals surface area contributed by atoms with Crippen LogP contribution in [0.3, 0.4) is 0 Å². The number of thiocarbonyl (C=S) groups is 1. The first-order valence-electron chi connectivity index (χ1n) is 15.2. The Kier molecular flexibility index (Phi) is 8.26. The number of anilines is 2. The Bertz CT molecular complexity index is 1890. The molecule has 2 aromatic carbocycles. The van der Waals surface area contributed by atoms with Crippen molar-refractivity contribution in [1.29, 1.82) is 0 Å². The molecule has 47 heavy (non-hydrogen) atoms. The number of carbonyl (C=O) groups is 6. The standard InChI is InChI=1S/C33H28N4O7S3/c38-23(39)15-37-22-14-18(10-11-20(22)25(31(37)43)26-28(40)34-32(44)46-26)17-7-3-5-16(13-17)6-4-12-36-21-9-2-1-8-19(21)24(30(36)42)27-29(41)35-33(45)47-27/h1-2,8-11,14,16-17H,3-7,12-13,15H2,(H,38,39)(H,34,40,44)(H,35,41,45)/b26-25-,27-24-. The van der Waals surface area contributed by atoms with Crippen molar-refractivity contribution in [2.45, 2.75) is 44.4 Å². The van der Waals surface area contributed by atoms with Crippen molar-refractivity contribution in [3.05, 3.63) is 69.0 Å². The number of carbonyl (C=O) groups excluding carboxylic acids is 5. The van der Waals surface area contributed by atoms with Crippen molar-refractivity contribution in [1.82, 2.24) is 10.6 Å². The fourth-order valence-electron chi connectivity index (χ4n) is 7.18. The second-order valence-electron chi connectivity index (χ2n) is 12.0. The van der Waals surface area contributed by atoms with E-state index in [0.717, 1.165) is 72.0 Å².